The van der Waals surface area contributed by atoms with Crippen molar-refractivity contribution in [3.63, 3.8) is 0 Å². The molecule has 132 valence electrons. The highest BCUT2D eigenvalue weighted by Crippen LogP contribution is 2.25. The van der Waals surface area contributed by atoms with Gasteiger partial charge in [-0.25, -0.2) is 4.79 Å². The van der Waals surface area contributed by atoms with Crippen molar-refractivity contribution in [3.8, 4) is 0 Å². The van der Waals surface area contributed by atoms with Gasteiger partial charge in [-0.1, -0.05) is 6.92 Å². The number of likely N-dealkylation sites (tertiary alicyclic amines) is 1. The van der Waals surface area contributed by atoms with Gasteiger partial charge in [0.15, 0.2) is 0 Å². The number of carbonyl (C=O) groups is 3. The zero-order valence-corrected chi connectivity index (χ0v) is 12.8. The molecule has 0 radical (unpaired) electrons. The Morgan fingerprint density at radius 2 is 1.87 bits per heavy atom. The van der Waals surface area contributed by atoms with E-state index in [0.717, 1.165) is 0 Å². The minimum absolute atomic E-state index is 0.0769. The fourth-order valence-corrected chi connectivity index (χ4v) is 2.56. The van der Waals surface area contributed by atoms with E-state index in [1.165, 1.54) is 4.90 Å². The Labute approximate surface area is 131 Å². The highest BCUT2D eigenvalue weighted by molar-refractivity contribution is 5.82. The third kappa shape index (κ3) is 5.29. The molecular formula is C13H20F3N3O4. The number of alkyl halides is 3. The summed E-state index contributed by atoms with van der Waals surface area (Å²) in [7, 11) is 0. The van der Waals surface area contributed by atoms with Crippen molar-refractivity contribution in [1.82, 2.24) is 15.5 Å². The second kappa shape index (κ2) is 7.51. The number of hydrogen-bond donors (Lipinski definition) is 3. The fraction of sp³-hybridized carbons (Fsp3) is 0.769. The quantitative estimate of drug-likeness (QED) is 0.710. The van der Waals surface area contributed by atoms with Gasteiger partial charge >= 0.3 is 24.1 Å². The van der Waals surface area contributed by atoms with Crippen molar-refractivity contribution in [2.45, 2.75) is 44.9 Å². The van der Waals surface area contributed by atoms with Crippen LogP contribution in [-0.4, -0.2) is 59.3 Å². The molecule has 1 rings (SSSR count). The zero-order valence-electron chi connectivity index (χ0n) is 12.8. The molecule has 1 saturated heterocycles. The third-order valence-corrected chi connectivity index (χ3v) is 3.88. The molecule has 1 fully saturated rings. The van der Waals surface area contributed by atoms with E-state index in [9.17, 15) is 27.6 Å². The Kier molecular flexibility index (Phi) is 6.22. The Morgan fingerprint density at radius 3 is 2.39 bits per heavy atom. The molecule has 0 aliphatic carbocycles. The normalized spacial score (nSPS) is 24.9. The number of carbonyl (C=O) groups excluding carboxylic acids is 2. The Balaban J connectivity index is 2.69. The Bertz CT molecular complexity index is 470. The molecule has 1 heterocycles. The maximum Gasteiger partial charge on any atom is 0.471 e. The minimum atomic E-state index is -4.98. The van der Waals surface area contributed by atoms with E-state index in [-0.39, 0.29) is 18.9 Å². The first-order valence-corrected chi connectivity index (χ1v) is 7.18. The van der Waals surface area contributed by atoms with Crippen molar-refractivity contribution in [1.29, 1.82) is 0 Å². The molecule has 3 atom stereocenters. The highest BCUT2D eigenvalue weighted by Gasteiger charge is 2.43. The largest absolute Gasteiger partial charge is 0.481 e. The number of nitrogens with zero attached hydrogens (tertiary/aromatic N) is 1. The van der Waals surface area contributed by atoms with Crippen LogP contribution in [0, 0.1) is 5.92 Å². The number of nitrogens with one attached hydrogen (secondary N) is 2. The lowest BCUT2D eigenvalue weighted by atomic mass is 9.87. The van der Waals surface area contributed by atoms with E-state index < -0.39 is 36.2 Å². The number of halogens is 3. The van der Waals surface area contributed by atoms with Crippen molar-refractivity contribution in [2.24, 2.45) is 5.92 Å². The summed E-state index contributed by atoms with van der Waals surface area (Å²) in [6.45, 7) is 3.50. The summed E-state index contributed by atoms with van der Waals surface area (Å²) in [5.74, 6) is -3.32. The van der Waals surface area contributed by atoms with Crippen LogP contribution in [0.15, 0.2) is 0 Å². The first-order chi connectivity index (χ1) is 10.5. The van der Waals surface area contributed by atoms with Crippen molar-refractivity contribution in [3.05, 3.63) is 0 Å². The second-order valence-electron chi connectivity index (χ2n) is 5.57. The topological polar surface area (TPSA) is 98.7 Å². The summed E-state index contributed by atoms with van der Waals surface area (Å²) >= 11 is 0. The summed E-state index contributed by atoms with van der Waals surface area (Å²) in [5, 5.41) is 12.9. The Hall–Kier alpha value is -2.00. The molecule has 3 amide bonds. The van der Waals surface area contributed by atoms with E-state index >= 15 is 0 Å². The van der Waals surface area contributed by atoms with Crippen LogP contribution in [0.4, 0.5) is 18.0 Å². The average Bonchev–Trinajstić information content (AvgIpc) is 2.41. The van der Waals surface area contributed by atoms with Gasteiger partial charge in [-0.2, -0.15) is 13.2 Å². The van der Waals surface area contributed by atoms with Crippen LogP contribution in [0.1, 0.15) is 26.7 Å². The molecule has 0 aromatic carbocycles. The first-order valence-electron chi connectivity index (χ1n) is 7.18. The van der Waals surface area contributed by atoms with Gasteiger partial charge in [-0.05, 0) is 19.3 Å². The average molecular weight is 339 g/mol. The number of carboxylic acids is 1. The van der Waals surface area contributed by atoms with Gasteiger partial charge in [-0.15, -0.1) is 0 Å². The van der Waals surface area contributed by atoms with E-state index in [0.29, 0.717) is 13.0 Å². The van der Waals surface area contributed by atoms with Gasteiger partial charge in [-0.3, -0.25) is 9.59 Å². The standard InChI is InChI=1S/C13H20F3N3O4/c1-7-4-6-19(12(23)17-5-3-9(20)21)8(2)10(7)18-11(22)13(14,15)16/h7-8,10H,3-6H2,1-2H3,(H,17,23)(H,18,22)(H,20,21)/t7-,8-,10-/m0/s1. The number of carboxylic acid groups (broad SMARTS) is 1. The van der Waals surface area contributed by atoms with Crippen LogP contribution < -0.4 is 10.6 Å². The molecule has 3 N–H and O–H groups in total. The fourth-order valence-electron chi connectivity index (χ4n) is 2.56. The SMILES string of the molecule is C[C@H]1CCN(C(=O)NCCC(=O)O)[C@@H](C)[C@H]1NC(=O)C(F)(F)F. The first kappa shape index (κ1) is 19.0. The summed E-state index contributed by atoms with van der Waals surface area (Å²) in [6, 6.07) is -2.03. The summed E-state index contributed by atoms with van der Waals surface area (Å²) in [4.78, 5) is 34.9. The predicted molar refractivity (Wildman–Crippen MR) is 73.6 cm³/mol. The van der Waals surface area contributed by atoms with Gasteiger partial charge < -0.3 is 20.6 Å². The molecule has 1 aliphatic rings. The van der Waals surface area contributed by atoms with Crippen LogP contribution in [0.3, 0.4) is 0 Å². The zero-order chi connectivity index (χ0) is 17.8. The maximum absolute atomic E-state index is 12.4. The monoisotopic (exact) mass is 339 g/mol. The molecule has 23 heavy (non-hydrogen) atoms. The van der Waals surface area contributed by atoms with E-state index in [1.54, 1.807) is 13.8 Å². The lowest BCUT2D eigenvalue weighted by Crippen LogP contribution is -2.62. The number of piperidine rings is 1. The molecule has 0 aromatic rings. The predicted octanol–water partition coefficient (Wildman–Crippen LogP) is 0.948. The number of amides is 3. The van der Waals surface area contributed by atoms with Crippen molar-refractivity contribution < 1.29 is 32.7 Å². The van der Waals surface area contributed by atoms with Gasteiger partial charge in [0.25, 0.3) is 0 Å². The summed E-state index contributed by atoms with van der Waals surface area (Å²) in [6.07, 6.45) is -4.80. The van der Waals surface area contributed by atoms with Crippen LogP contribution >= 0.6 is 0 Å². The molecule has 0 saturated carbocycles. The van der Waals surface area contributed by atoms with Crippen LogP contribution in [0.2, 0.25) is 0 Å². The van der Waals surface area contributed by atoms with E-state index in [1.807, 2.05) is 5.32 Å². The van der Waals surface area contributed by atoms with E-state index in [4.69, 9.17) is 5.11 Å². The highest BCUT2D eigenvalue weighted by atomic mass is 19.4. The van der Waals surface area contributed by atoms with Crippen molar-refractivity contribution in [2.75, 3.05) is 13.1 Å². The minimum Gasteiger partial charge on any atom is -0.481 e. The molecule has 1 aliphatic heterocycles. The molecule has 0 unspecified atom stereocenters. The number of urea groups is 1. The maximum atomic E-state index is 12.4. The van der Waals surface area contributed by atoms with Crippen LogP contribution in [0.25, 0.3) is 0 Å². The lowest BCUT2D eigenvalue weighted by molar-refractivity contribution is -0.175. The summed E-state index contributed by atoms with van der Waals surface area (Å²) < 4.78 is 37.2. The van der Waals surface area contributed by atoms with Crippen LogP contribution in [-0.2, 0) is 9.59 Å². The van der Waals surface area contributed by atoms with Gasteiger partial charge in [0, 0.05) is 13.1 Å². The number of rotatable bonds is 4. The number of hydrogen-bond acceptors (Lipinski definition) is 3. The summed E-state index contributed by atoms with van der Waals surface area (Å²) in [5.41, 5.74) is 0. The Morgan fingerprint density at radius 1 is 1.26 bits per heavy atom. The molecule has 7 nitrogen and oxygen atoms in total. The molecule has 0 aromatic heterocycles. The van der Waals surface area contributed by atoms with Gasteiger partial charge in [0.1, 0.15) is 0 Å². The second-order valence-corrected chi connectivity index (χ2v) is 5.57. The number of aliphatic carboxylic acids is 1. The lowest BCUT2D eigenvalue weighted by Gasteiger charge is -2.43. The van der Waals surface area contributed by atoms with Gasteiger partial charge in [0.2, 0.25) is 0 Å². The molecule has 0 spiro atoms. The smallest absolute Gasteiger partial charge is 0.471 e. The van der Waals surface area contributed by atoms with E-state index in [2.05, 4.69) is 5.32 Å². The van der Waals surface area contributed by atoms with Gasteiger partial charge in [0.05, 0.1) is 18.5 Å². The molecule has 10 heteroatoms. The molecule has 0 bridgehead atoms. The third-order valence-electron chi connectivity index (χ3n) is 3.88. The van der Waals surface area contributed by atoms with Crippen LogP contribution in [0.5, 0.6) is 0 Å². The van der Waals surface area contributed by atoms with Crippen molar-refractivity contribution >= 4 is 17.9 Å². The molecular weight excluding hydrogens is 319 g/mol.